The van der Waals surface area contributed by atoms with Crippen LogP contribution >= 0.6 is 0 Å². The van der Waals surface area contributed by atoms with Crippen LogP contribution in [0, 0.1) is 12.7 Å². The van der Waals surface area contributed by atoms with Crippen molar-refractivity contribution in [3.8, 4) is 0 Å². The van der Waals surface area contributed by atoms with Crippen LogP contribution in [0.25, 0.3) is 21.8 Å². The zero-order valence-electron chi connectivity index (χ0n) is 22.2. The van der Waals surface area contributed by atoms with Crippen molar-refractivity contribution in [2.75, 3.05) is 12.8 Å². The highest BCUT2D eigenvalue weighted by molar-refractivity contribution is 6.10. The third-order valence-electron chi connectivity index (χ3n) is 5.54. The first-order valence-corrected chi connectivity index (χ1v) is 11.7. The molecule has 0 aliphatic rings. The van der Waals surface area contributed by atoms with Crippen LogP contribution in [0.5, 0.6) is 0 Å². The van der Waals surface area contributed by atoms with E-state index < -0.39 is 17.3 Å². The zero-order chi connectivity index (χ0) is 27.7. The number of hydrogen-bond donors (Lipinski definition) is 2. The fourth-order valence-corrected chi connectivity index (χ4v) is 3.67. The number of hydrazine groups is 1. The van der Waals surface area contributed by atoms with E-state index in [1.54, 1.807) is 76.0 Å². The van der Waals surface area contributed by atoms with Crippen LogP contribution in [0.1, 0.15) is 49.2 Å². The van der Waals surface area contributed by atoms with Crippen molar-refractivity contribution in [2.45, 2.75) is 46.8 Å². The van der Waals surface area contributed by atoms with Gasteiger partial charge in [0.15, 0.2) is 0 Å². The van der Waals surface area contributed by atoms with Crippen molar-refractivity contribution >= 4 is 39.4 Å². The molecule has 0 spiro atoms. The van der Waals surface area contributed by atoms with Crippen molar-refractivity contribution in [1.29, 1.82) is 0 Å². The number of aryl methyl sites for hydroxylation is 2. The summed E-state index contributed by atoms with van der Waals surface area (Å²) in [5.74, 6) is -0.881. The third kappa shape index (κ3) is 6.39. The summed E-state index contributed by atoms with van der Waals surface area (Å²) >= 11 is 0. The number of rotatable bonds is 3. The van der Waals surface area contributed by atoms with Crippen molar-refractivity contribution < 1.29 is 19.1 Å². The van der Waals surface area contributed by atoms with Crippen LogP contribution in [0.3, 0.4) is 0 Å². The van der Waals surface area contributed by atoms with Gasteiger partial charge in [0.2, 0.25) is 5.91 Å². The van der Waals surface area contributed by atoms with E-state index in [0.29, 0.717) is 33.2 Å². The number of carbonyl (C=O) groups excluding carboxylic acids is 2. The lowest BCUT2D eigenvalue weighted by Crippen LogP contribution is -2.46. The van der Waals surface area contributed by atoms with Gasteiger partial charge in [0.1, 0.15) is 11.6 Å². The zero-order valence-corrected chi connectivity index (χ0v) is 22.2. The Kier molecular flexibility index (Phi) is 7.83. The smallest absolute Gasteiger partial charge is 0.272 e. The lowest BCUT2D eigenvalue weighted by atomic mass is 10.1. The van der Waals surface area contributed by atoms with Gasteiger partial charge in [0, 0.05) is 37.5 Å². The molecule has 9 nitrogen and oxygen atoms in total. The highest BCUT2D eigenvalue weighted by atomic mass is 19.1. The minimum absolute atomic E-state index is 0.0971. The summed E-state index contributed by atoms with van der Waals surface area (Å²) in [6, 6.07) is 9.79. The van der Waals surface area contributed by atoms with Gasteiger partial charge < -0.3 is 10.8 Å². The molecule has 0 saturated heterocycles. The van der Waals surface area contributed by atoms with Gasteiger partial charge in [-0.15, -0.1) is 0 Å². The second-order valence-corrected chi connectivity index (χ2v) is 9.93. The summed E-state index contributed by atoms with van der Waals surface area (Å²) in [6.07, 6.45) is 1.63. The molecule has 2 heterocycles. The first-order chi connectivity index (χ1) is 17.2. The predicted octanol–water partition coefficient (Wildman–Crippen LogP) is 3.96. The van der Waals surface area contributed by atoms with Gasteiger partial charge >= 0.3 is 0 Å². The first-order valence-electron chi connectivity index (χ1n) is 11.7. The Hall–Kier alpha value is -4.05. The molecule has 10 heteroatoms. The number of aromatic nitrogens is 3. The van der Waals surface area contributed by atoms with Crippen LogP contribution in [0.2, 0.25) is 0 Å². The SMILES string of the molecule is CC(=O)N(C)N(Cc1ccc(C)cc1F)C(=O)c1ccc2nc(N)c3cnn(C)c3c2c1.CC(C)(C)O. The second-order valence-electron chi connectivity index (χ2n) is 9.93. The maximum Gasteiger partial charge on any atom is 0.272 e. The Morgan fingerprint density at radius 2 is 1.78 bits per heavy atom. The van der Waals surface area contributed by atoms with E-state index >= 15 is 0 Å². The maximum absolute atomic E-state index is 14.5. The van der Waals surface area contributed by atoms with Gasteiger partial charge in [-0.25, -0.2) is 14.4 Å². The number of nitrogens with zero attached hydrogens (tertiary/aromatic N) is 5. The number of halogens is 1. The molecule has 2 aromatic heterocycles. The number of hydrogen-bond acceptors (Lipinski definition) is 6. The van der Waals surface area contributed by atoms with Gasteiger partial charge in [-0.1, -0.05) is 12.1 Å². The number of benzene rings is 2. The summed E-state index contributed by atoms with van der Waals surface area (Å²) < 4.78 is 16.2. The largest absolute Gasteiger partial charge is 0.391 e. The molecule has 0 unspecified atom stereocenters. The average molecular weight is 509 g/mol. The van der Waals surface area contributed by atoms with E-state index in [9.17, 15) is 14.0 Å². The fraction of sp³-hybridized carbons (Fsp3) is 0.333. The Morgan fingerprint density at radius 3 is 2.38 bits per heavy atom. The Morgan fingerprint density at radius 1 is 1.14 bits per heavy atom. The summed E-state index contributed by atoms with van der Waals surface area (Å²) in [5, 5.41) is 16.6. The molecule has 196 valence electrons. The van der Waals surface area contributed by atoms with Gasteiger partial charge in [0.05, 0.1) is 34.8 Å². The summed E-state index contributed by atoms with van der Waals surface area (Å²) in [6.45, 7) is 8.26. The van der Waals surface area contributed by atoms with Crippen LogP contribution < -0.4 is 5.73 Å². The van der Waals surface area contributed by atoms with Crippen LogP contribution in [0.4, 0.5) is 10.2 Å². The Balaban J connectivity index is 0.000000695. The van der Waals surface area contributed by atoms with Crippen molar-refractivity contribution in [3.05, 3.63) is 65.1 Å². The average Bonchev–Trinajstić information content (AvgIpc) is 3.19. The van der Waals surface area contributed by atoms with Crippen molar-refractivity contribution in [2.24, 2.45) is 7.05 Å². The number of anilines is 1. The molecule has 0 bridgehead atoms. The molecule has 4 aromatic rings. The minimum atomic E-state index is -0.500. The van der Waals surface area contributed by atoms with E-state index in [-0.39, 0.29) is 12.5 Å². The lowest BCUT2D eigenvalue weighted by Gasteiger charge is -2.31. The molecule has 0 aliphatic carbocycles. The molecule has 0 radical (unpaired) electrons. The number of aliphatic hydroxyl groups is 1. The number of amides is 2. The minimum Gasteiger partial charge on any atom is -0.391 e. The van der Waals surface area contributed by atoms with Crippen LogP contribution in [0.15, 0.2) is 42.6 Å². The van der Waals surface area contributed by atoms with E-state index in [2.05, 4.69) is 10.1 Å². The molecule has 2 aromatic carbocycles. The number of carbonyl (C=O) groups is 2. The van der Waals surface area contributed by atoms with E-state index in [4.69, 9.17) is 10.8 Å². The van der Waals surface area contributed by atoms with E-state index in [0.717, 1.165) is 11.1 Å². The second kappa shape index (κ2) is 10.5. The van der Waals surface area contributed by atoms with Gasteiger partial charge in [0.25, 0.3) is 5.91 Å². The monoisotopic (exact) mass is 508 g/mol. The summed E-state index contributed by atoms with van der Waals surface area (Å²) in [4.78, 5) is 30.0. The Bertz CT molecular complexity index is 1470. The van der Waals surface area contributed by atoms with Crippen molar-refractivity contribution in [3.63, 3.8) is 0 Å². The van der Waals surface area contributed by atoms with Gasteiger partial charge in [-0.2, -0.15) is 5.10 Å². The summed E-state index contributed by atoms with van der Waals surface area (Å²) in [5.41, 5.74) is 8.31. The Labute approximate surface area is 215 Å². The normalized spacial score (nSPS) is 11.3. The topological polar surface area (TPSA) is 118 Å². The number of fused-ring (bicyclic) bond motifs is 3. The highest BCUT2D eigenvalue weighted by Gasteiger charge is 2.24. The van der Waals surface area contributed by atoms with Crippen molar-refractivity contribution in [1.82, 2.24) is 24.8 Å². The number of nitrogen functional groups attached to an aromatic ring is 1. The third-order valence-corrected chi connectivity index (χ3v) is 5.54. The first kappa shape index (κ1) is 27.5. The molecule has 4 rings (SSSR count). The van der Waals surface area contributed by atoms with Crippen LogP contribution in [-0.2, 0) is 18.4 Å². The molecular formula is C27H33FN6O3. The molecule has 0 aliphatic heterocycles. The standard InChI is InChI=1S/C23H23FN6O2.C4H10O/c1-13-5-6-16(19(24)9-13)12-30(29(4)14(2)31)23(32)15-7-8-20-17(10-15)21-18(22(25)27-20)11-26-28(21)3;1-4(2,3)5/h5-11H,12H2,1-4H3,(H2,25,27);5H,1-3H3. The molecular weight excluding hydrogens is 475 g/mol. The highest BCUT2D eigenvalue weighted by Crippen LogP contribution is 2.28. The number of pyridine rings is 1. The van der Waals surface area contributed by atoms with Gasteiger partial charge in [-0.05, 0) is 57.5 Å². The lowest BCUT2D eigenvalue weighted by molar-refractivity contribution is -0.140. The summed E-state index contributed by atoms with van der Waals surface area (Å²) in [7, 11) is 3.26. The quantitative estimate of drug-likeness (QED) is 0.405. The molecule has 0 atom stereocenters. The molecule has 0 fully saturated rings. The van der Waals surface area contributed by atoms with E-state index in [1.807, 2.05) is 0 Å². The van der Waals surface area contributed by atoms with Crippen LogP contribution in [-0.4, -0.2) is 54.4 Å². The molecule has 37 heavy (non-hydrogen) atoms. The predicted molar refractivity (Wildman–Crippen MR) is 142 cm³/mol. The van der Waals surface area contributed by atoms with Gasteiger partial charge in [-0.3, -0.25) is 19.3 Å². The number of nitrogens with two attached hydrogens (primary N) is 1. The molecule has 3 N–H and O–H groups in total. The fourth-order valence-electron chi connectivity index (χ4n) is 3.67. The maximum atomic E-state index is 14.5. The molecule has 2 amide bonds. The molecule has 0 saturated carbocycles. The van der Waals surface area contributed by atoms with E-state index in [1.165, 1.54) is 30.1 Å².